The zero-order chi connectivity index (χ0) is 18.8. The summed E-state index contributed by atoms with van der Waals surface area (Å²) in [5.74, 6) is 1.61. The van der Waals surface area contributed by atoms with Crippen molar-refractivity contribution < 1.29 is 4.74 Å². The van der Waals surface area contributed by atoms with Gasteiger partial charge in [0.2, 0.25) is 5.88 Å². The van der Waals surface area contributed by atoms with E-state index in [9.17, 15) is 0 Å². The van der Waals surface area contributed by atoms with Gasteiger partial charge in [-0.15, -0.1) is 11.3 Å². The van der Waals surface area contributed by atoms with E-state index < -0.39 is 0 Å². The van der Waals surface area contributed by atoms with Gasteiger partial charge >= 0.3 is 0 Å². The third kappa shape index (κ3) is 3.93. The van der Waals surface area contributed by atoms with Crippen molar-refractivity contribution in [2.24, 2.45) is 0 Å². The first-order chi connectivity index (χ1) is 13.8. The van der Waals surface area contributed by atoms with Crippen molar-refractivity contribution in [3.05, 3.63) is 58.9 Å². The Kier molecular flexibility index (Phi) is 5.06. The first-order valence-corrected chi connectivity index (χ1v) is 10.9. The first-order valence-electron chi connectivity index (χ1n) is 10.1. The van der Waals surface area contributed by atoms with Crippen LogP contribution in [0.2, 0.25) is 0 Å². The van der Waals surface area contributed by atoms with E-state index in [2.05, 4.69) is 32.4 Å². The fourth-order valence-corrected chi connectivity index (χ4v) is 4.71. The molecule has 0 saturated heterocycles. The van der Waals surface area contributed by atoms with Crippen LogP contribution < -0.4 is 4.74 Å². The van der Waals surface area contributed by atoms with Gasteiger partial charge in [0, 0.05) is 50.1 Å². The highest BCUT2D eigenvalue weighted by atomic mass is 32.1. The highest BCUT2D eigenvalue weighted by Gasteiger charge is 2.20. The molecular weight excluding hydrogens is 368 g/mol. The van der Waals surface area contributed by atoms with Gasteiger partial charge in [0.15, 0.2) is 5.82 Å². The van der Waals surface area contributed by atoms with Crippen LogP contribution in [0.15, 0.2) is 42.0 Å². The summed E-state index contributed by atoms with van der Waals surface area (Å²) >= 11 is 1.69. The second kappa shape index (κ2) is 7.97. The minimum atomic E-state index is 0.357. The molecule has 1 fully saturated rings. The summed E-state index contributed by atoms with van der Waals surface area (Å²) < 4.78 is 5.97. The van der Waals surface area contributed by atoms with E-state index in [-0.39, 0.29) is 0 Å². The average molecular weight is 393 g/mol. The van der Waals surface area contributed by atoms with Crippen molar-refractivity contribution in [3.63, 3.8) is 0 Å². The van der Waals surface area contributed by atoms with Gasteiger partial charge in [-0.3, -0.25) is 4.90 Å². The standard InChI is InChI=1S/C22H24N4OS/c1-2-5-18(4-1)27-21-8-7-16(12-23-21)14-26-10-9-19-17(15-26)13-24-22(25-19)20-6-3-11-28-20/h3,6-8,11-13,18H,1-2,4-5,9-10,14-15H2. The van der Waals surface area contributed by atoms with E-state index in [1.807, 2.05) is 24.5 Å². The number of nitrogens with zero attached hydrogens (tertiary/aromatic N) is 4. The molecule has 0 spiro atoms. The van der Waals surface area contributed by atoms with Gasteiger partial charge in [0.05, 0.1) is 10.6 Å². The van der Waals surface area contributed by atoms with Crippen LogP contribution in [0.1, 0.15) is 42.5 Å². The minimum absolute atomic E-state index is 0.357. The van der Waals surface area contributed by atoms with Crippen LogP contribution in [0, 0.1) is 0 Å². The van der Waals surface area contributed by atoms with E-state index in [0.717, 1.165) is 55.5 Å². The first kappa shape index (κ1) is 17.8. The van der Waals surface area contributed by atoms with Crippen LogP contribution >= 0.6 is 11.3 Å². The lowest BCUT2D eigenvalue weighted by molar-refractivity contribution is 0.201. The number of ether oxygens (including phenoxy) is 1. The molecule has 0 N–H and O–H groups in total. The number of hydrogen-bond donors (Lipinski definition) is 0. The summed E-state index contributed by atoms with van der Waals surface area (Å²) in [6.07, 6.45) is 10.1. The van der Waals surface area contributed by atoms with E-state index in [4.69, 9.17) is 9.72 Å². The molecule has 1 aliphatic heterocycles. The van der Waals surface area contributed by atoms with Crippen molar-refractivity contribution in [3.8, 4) is 16.6 Å². The van der Waals surface area contributed by atoms with Crippen molar-refractivity contribution in [1.29, 1.82) is 0 Å². The van der Waals surface area contributed by atoms with Crippen LogP contribution in [0.4, 0.5) is 0 Å². The van der Waals surface area contributed by atoms with Crippen molar-refractivity contribution in [1.82, 2.24) is 19.9 Å². The second-order valence-corrected chi connectivity index (χ2v) is 8.58. The van der Waals surface area contributed by atoms with Crippen molar-refractivity contribution >= 4 is 11.3 Å². The zero-order valence-electron chi connectivity index (χ0n) is 15.9. The Morgan fingerprint density at radius 2 is 2.04 bits per heavy atom. The molecular formula is C22H24N4OS. The molecule has 0 atom stereocenters. The number of rotatable bonds is 5. The SMILES string of the molecule is c1csc(-c2ncc3c(n2)CCN(Cc2ccc(OC4CCCC4)nc2)C3)c1. The molecule has 5 nitrogen and oxygen atoms in total. The summed E-state index contributed by atoms with van der Waals surface area (Å²) in [6, 6.07) is 8.28. The Hall–Kier alpha value is -2.31. The number of pyridine rings is 1. The molecule has 28 heavy (non-hydrogen) atoms. The molecule has 3 aromatic rings. The number of fused-ring (bicyclic) bond motifs is 1. The van der Waals surface area contributed by atoms with Gasteiger partial charge in [0.1, 0.15) is 6.10 Å². The Labute approximate surface area is 169 Å². The molecule has 1 aliphatic carbocycles. The maximum Gasteiger partial charge on any atom is 0.213 e. The van der Waals surface area contributed by atoms with Crippen LogP contribution in [0.3, 0.4) is 0 Å². The molecule has 0 bridgehead atoms. The Morgan fingerprint density at radius 3 is 2.82 bits per heavy atom. The molecule has 2 aliphatic rings. The van der Waals surface area contributed by atoms with Gasteiger partial charge in [0.25, 0.3) is 0 Å². The molecule has 5 rings (SSSR count). The molecule has 6 heteroatoms. The summed E-state index contributed by atoms with van der Waals surface area (Å²) in [4.78, 5) is 17.5. The fourth-order valence-electron chi connectivity index (χ4n) is 4.04. The van der Waals surface area contributed by atoms with Gasteiger partial charge in [-0.2, -0.15) is 0 Å². The summed E-state index contributed by atoms with van der Waals surface area (Å²) in [6.45, 7) is 2.79. The maximum atomic E-state index is 5.97. The van der Waals surface area contributed by atoms with E-state index in [1.165, 1.54) is 29.7 Å². The molecule has 0 radical (unpaired) electrons. The largest absolute Gasteiger partial charge is 0.474 e. The predicted molar refractivity (Wildman–Crippen MR) is 110 cm³/mol. The molecule has 4 heterocycles. The van der Waals surface area contributed by atoms with Gasteiger partial charge in [-0.05, 0) is 42.7 Å². The topological polar surface area (TPSA) is 51.1 Å². The van der Waals surface area contributed by atoms with Crippen LogP contribution in [-0.2, 0) is 19.5 Å². The normalized spacial score (nSPS) is 17.6. The Morgan fingerprint density at radius 1 is 1.11 bits per heavy atom. The Balaban J connectivity index is 1.21. The number of aromatic nitrogens is 3. The molecule has 0 aromatic carbocycles. The number of thiophene rings is 1. The van der Waals surface area contributed by atoms with Crippen molar-refractivity contribution in [2.45, 2.75) is 51.3 Å². The van der Waals surface area contributed by atoms with Gasteiger partial charge < -0.3 is 4.74 Å². The van der Waals surface area contributed by atoms with Crippen LogP contribution in [0.5, 0.6) is 5.88 Å². The highest BCUT2D eigenvalue weighted by molar-refractivity contribution is 7.13. The van der Waals surface area contributed by atoms with Crippen molar-refractivity contribution in [2.75, 3.05) is 6.54 Å². The highest BCUT2D eigenvalue weighted by Crippen LogP contribution is 2.25. The summed E-state index contributed by atoms with van der Waals surface area (Å²) in [7, 11) is 0. The van der Waals surface area contributed by atoms with E-state index in [0.29, 0.717) is 6.10 Å². The third-order valence-electron chi connectivity index (χ3n) is 5.55. The average Bonchev–Trinajstić information content (AvgIpc) is 3.43. The smallest absolute Gasteiger partial charge is 0.213 e. The van der Waals surface area contributed by atoms with E-state index in [1.54, 1.807) is 11.3 Å². The summed E-state index contributed by atoms with van der Waals surface area (Å²) in [5.41, 5.74) is 3.65. The quantitative estimate of drug-likeness (QED) is 0.641. The lowest BCUT2D eigenvalue weighted by atomic mass is 10.1. The summed E-state index contributed by atoms with van der Waals surface area (Å²) in [5, 5.41) is 2.07. The predicted octanol–water partition coefficient (Wildman–Crippen LogP) is 4.48. The third-order valence-corrected chi connectivity index (χ3v) is 6.41. The monoisotopic (exact) mass is 392 g/mol. The second-order valence-electron chi connectivity index (χ2n) is 7.63. The van der Waals surface area contributed by atoms with Crippen LogP contribution in [-0.4, -0.2) is 32.5 Å². The van der Waals surface area contributed by atoms with Gasteiger partial charge in [-0.25, -0.2) is 15.0 Å². The lowest BCUT2D eigenvalue weighted by Gasteiger charge is -2.28. The lowest BCUT2D eigenvalue weighted by Crippen LogP contribution is -2.31. The fraction of sp³-hybridized carbons (Fsp3) is 0.409. The molecule has 1 saturated carbocycles. The molecule has 0 amide bonds. The van der Waals surface area contributed by atoms with Gasteiger partial charge in [-0.1, -0.05) is 12.1 Å². The van der Waals surface area contributed by atoms with Crippen LogP contribution in [0.25, 0.3) is 10.7 Å². The molecule has 0 unspecified atom stereocenters. The zero-order valence-corrected chi connectivity index (χ0v) is 16.7. The van der Waals surface area contributed by atoms with E-state index >= 15 is 0 Å². The maximum absolute atomic E-state index is 5.97. The number of hydrogen-bond acceptors (Lipinski definition) is 6. The molecule has 144 valence electrons. The molecule has 3 aromatic heterocycles. The minimum Gasteiger partial charge on any atom is -0.474 e. The Bertz CT molecular complexity index is 920.